The molecule has 2 rings (SSSR count). The predicted octanol–water partition coefficient (Wildman–Crippen LogP) is 5.17. The van der Waals surface area contributed by atoms with Crippen molar-refractivity contribution in [2.45, 2.75) is 4.90 Å². The van der Waals surface area contributed by atoms with Crippen molar-refractivity contribution in [1.29, 1.82) is 5.26 Å². The average molecular weight is 378 g/mol. The van der Waals surface area contributed by atoms with E-state index in [0.717, 1.165) is 10.6 Å². The van der Waals surface area contributed by atoms with E-state index in [2.05, 4.69) is 10.6 Å². The van der Waals surface area contributed by atoms with E-state index in [0.29, 0.717) is 10.7 Å². The van der Waals surface area contributed by atoms with Crippen molar-refractivity contribution in [3.05, 3.63) is 64.3 Å². The van der Waals surface area contributed by atoms with Gasteiger partial charge < -0.3 is 10.6 Å². The predicted molar refractivity (Wildman–Crippen MR) is 101 cm³/mol. The number of benzene rings is 2. The molecule has 1 amide bonds. The van der Waals surface area contributed by atoms with Crippen LogP contribution in [0.1, 0.15) is 0 Å². The van der Waals surface area contributed by atoms with Gasteiger partial charge in [-0.25, -0.2) is 0 Å². The molecular weight excluding hydrogens is 365 g/mol. The maximum atomic E-state index is 12.2. The standard InChI is InChI=1S/C17H13Cl2N3OS/c1-24-13-5-2-4-12(8-13)21-10-11(9-20)17(23)22-15-7-3-6-14(18)16(15)19/h2-8,10,21H,1H3,(H,22,23)/b11-10-. The number of nitrogens with zero attached hydrogens (tertiary/aromatic N) is 1. The van der Waals surface area contributed by atoms with Crippen LogP contribution in [-0.4, -0.2) is 12.2 Å². The van der Waals surface area contributed by atoms with Crippen LogP contribution in [0.15, 0.2) is 59.1 Å². The van der Waals surface area contributed by atoms with Gasteiger partial charge in [0.25, 0.3) is 5.91 Å². The van der Waals surface area contributed by atoms with Gasteiger partial charge in [-0.15, -0.1) is 11.8 Å². The number of halogens is 2. The maximum Gasteiger partial charge on any atom is 0.267 e. The third kappa shape index (κ3) is 4.68. The molecule has 0 aliphatic heterocycles. The Kier molecular flexibility index (Phi) is 6.56. The summed E-state index contributed by atoms with van der Waals surface area (Å²) >= 11 is 13.5. The Bertz CT molecular complexity index is 831. The minimum atomic E-state index is -0.574. The second kappa shape index (κ2) is 8.65. The van der Waals surface area contributed by atoms with Crippen molar-refractivity contribution < 1.29 is 4.79 Å². The Morgan fingerprint density at radius 2 is 2.00 bits per heavy atom. The molecule has 7 heteroatoms. The monoisotopic (exact) mass is 377 g/mol. The summed E-state index contributed by atoms with van der Waals surface area (Å²) in [5.74, 6) is -0.574. The fourth-order valence-electron chi connectivity index (χ4n) is 1.81. The topological polar surface area (TPSA) is 64.9 Å². The van der Waals surface area contributed by atoms with Crippen LogP contribution in [0.2, 0.25) is 10.0 Å². The Morgan fingerprint density at radius 1 is 1.25 bits per heavy atom. The lowest BCUT2D eigenvalue weighted by Crippen LogP contribution is -2.14. The van der Waals surface area contributed by atoms with Crippen LogP contribution in [0, 0.1) is 11.3 Å². The Morgan fingerprint density at radius 3 is 2.71 bits per heavy atom. The molecule has 0 aromatic heterocycles. The molecule has 2 aromatic rings. The summed E-state index contributed by atoms with van der Waals surface area (Å²) in [5, 5.41) is 15.3. The molecular formula is C17H13Cl2N3OS. The van der Waals surface area contributed by atoms with Gasteiger partial charge in [0.05, 0.1) is 15.7 Å². The third-order valence-electron chi connectivity index (χ3n) is 3.02. The smallest absolute Gasteiger partial charge is 0.267 e. The zero-order chi connectivity index (χ0) is 17.5. The largest absolute Gasteiger partial charge is 0.360 e. The second-order valence-electron chi connectivity index (χ2n) is 4.60. The number of carbonyl (C=O) groups excluding carboxylic acids is 1. The van der Waals surface area contributed by atoms with Crippen molar-refractivity contribution in [3.63, 3.8) is 0 Å². The molecule has 4 nitrogen and oxygen atoms in total. The normalized spacial score (nSPS) is 10.8. The minimum absolute atomic E-state index is 0.0828. The van der Waals surface area contributed by atoms with Crippen LogP contribution < -0.4 is 10.6 Å². The molecule has 0 atom stereocenters. The molecule has 0 aliphatic carbocycles. The number of hydrogen-bond acceptors (Lipinski definition) is 4. The number of carbonyl (C=O) groups is 1. The molecule has 0 bridgehead atoms. The Hall–Kier alpha value is -2.13. The Labute approximate surface area is 154 Å². The summed E-state index contributed by atoms with van der Waals surface area (Å²) < 4.78 is 0. The molecule has 2 aromatic carbocycles. The van der Waals surface area contributed by atoms with Gasteiger partial charge in [0.2, 0.25) is 0 Å². The van der Waals surface area contributed by atoms with E-state index in [1.807, 2.05) is 36.6 Å². The zero-order valence-corrected chi connectivity index (χ0v) is 15.0. The van der Waals surface area contributed by atoms with Crippen molar-refractivity contribution in [2.24, 2.45) is 0 Å². The first kappa shape index (κ1) is 18.2. The number of amides is 1. The van der Waals surface area contributed by atoms with E-state index in [1.165, 1.54) is 6.20 Å². The molecule has 24 heavy (non-hydrogen) atoms. The third-order valence-corrected chi connectivity index (χ3v) is 4.56. The fraction of sp³-hybridized carbons (Fsp3) is 0.0588. The number of nitrogens with one attached hydrogen (secondary N) is 2. The van der Waals surface area contributed by atoms with E-state index >= 15 is 0 Å². The molecule has 0 saturated heterocycles. The summed E-state index contributed by atoms with van der Waals surface area (Å²) in [5.41, 5.74) is 1.04. The van der Waals surface area contributed by atoms with Gasteiger partial charge >= 0.3 is 0 Å². The van der Waals surface area contributed by atoms with Crippen molar-refractivity contribution in [3.8, 4) is 6.07 Å². The quantitative estimate of drug-likeness (QED) is 0.428. The van der Waals surface area contributed by atoms with E-state index in [4.69, 9.17) is 23.2 Å². The highest BCUT2D eigenvalue weighted by Gasteiger charge is 2.12. The molecule has 0 aliphatic rings. The lowest BCUT2D eigenvalue weighted by Gasteiger charge is -2.08. The number of rotatable bonds is 5. The highest BCUT2D eigenvalue weighted by molar-refractivity contribution is 7.98. The molecule has 122 valence electrons. The number of nitriles is 1. The van der Waals surface area contributed by atoms with Gasteiger partial charge in [0.15, 0.2) is 0 Å². The average Bonchev–Trinajstić information content (AvgIpc) is 2.59. The highest BCUT2D eigenvalue weighted by Crippen LogP contribution is 2.29. The molecule has 0 saturated carbocycles. The zero-order valence-electron chi connectivity index (χ0n) is 12.6. The molecule has 0 heterocycles. The first-order chi connectivity index (χ1) is 11.5. The number of anilines is 2. The van der Waals surface area contributed by atoms with Crippen LogP contribution in [0.25, 0.3) is 0 Å². The number of thioether (sulfide) groups is 1. The summed E-state index contributed by atoms with van der Waals surface area (Å²) in [4.78, 5) is 13.3. The van der Waals surface area contributed by atoms with Crippen molar-refractivity contribution in [2.75, 3.05) is 16.9 Å². The minimum Gasteiger partial charge on any atom is -0.360 e. The summed E-state index contributed by atoms with van der Waals surface area (Å²) in [6.07, 6.45) is 3.32. The van der Waals surface area contributed by atoms with Crippen LogP contribution in [-0.2, 0) is 4.79 Å². The van der Waals surface area contributed by atoms with E-state index < -0.39 is 5.91 Å². The lowest BCUT2D eigenvalue weighted by molar-refractivity contribution is -0.112. The van der Waals surface area contributed by atoms with Gasteiger partial charge in [-0.05, 0) is 36.6 Å². The summed E-state index contributed by atoms with van der Waals surface area (Å²) in [6.45, 7) is 0. The van der Waals surface area contributed by atoms with Gasteiger partial charge in [-0.2, -0.15) is 5.26 Å². The first-order valence-electron chi connectivity index (χ1n) is 6.81. The van der Waals surface area contributed by atoms with Gasteiger partial charge in [0, 0.05) is 16.8 Å². The van der Waals surface area contributed by atoms with E-state index in [9.17, 15) is 10.1 Å². The molecule has 0 unspecified atom stereocenters. The fourth-order valence-corrected chi connectivity index (χ4v) is 2.61. The van der Waals surface area contributed by atoms with Crippen LogP contribution in [0.5, 0.6) is 0 Å². The van der Waals surface area contributed by atoms with Gasteiger partial charge in [-0.3, -0.25) is 4.79 Å². The molecule has 2 N–H and O–H groups in total. The number of hydrogen-bond donors (Lipinski definition) is 2. The maximum absolute atomic E-state index is 12.2. The summed E-state index contributed by atoms with van der Waals surface area (Å²) in [6, 6.07) is 14.4. The van der Waals surface area contributed by atoms with E-state index in [1.54, 1.807) is 30.0 Å². The molecule has 0 radical (unpaired) electrons. The molecule has 0 fully saturated rings. The van der Waals surface area contributed by atoms with Crippen molar-refractivity contribution in [1.82, 2.24) is 0 Å². The van der Waals surface area contributed by atoms with Crippen molar-refractivity contribution >= 4 is 52.2 Å². The van der Waals surface area contributed by atoms with Gasteiger partial charge in [0.1, 0.15) is 11.6 Å². The van der Waals surface area contributed by atoms with Crippen LogP contribution >= 0.6 is 35.0 Å². The van der Waals surface area contributed by atoms with Gasteiger partial charge in [-0.1, -0.05) is 35.3 Å². The second-order valence-corrected chi connectivity index (χ2v) is 6.27. The van der Waals surface area contributed by atoms with Crippen LogP contribution in [0.3, 0.4) is 0 Å². The van der Waals surface area contributed by atoms with Crippen LogP contribution in [0.4, 0.5) is 11.4 Å². The summed E-state index contributed by atoms with van der Waals surface area (Å²) in [7, 11) is 0. The lowest BCUT2D eigenvalue weighted by atomic mass is 10.2. The Balaban J connectivity index is 2.13. The SMILES string of the molecule is CSc1cccc(N/C=C(/C#N)C(=O)Nc2cccc(Cl)c2Cl)c1. The highest BCUT2D eigenvalue weighted by atomic mass is 35.5. The molecule has 0 spiro atoms. The van der Waals surface area contributed by atoms with E-state index in [-0.39, 0.29) is 10.6 Å². The first-order valence-corrected chi connectivity index (χ1v) is 8.79.